The Balaban J connectivity index is 1.25. The average Bonchev–Trinajstić information content (AvgIpc) is 2.82. The highest BCUT2D eigenvalue weighted by Crippen LogP contribution is 2.25. The summed E-state index contributed by atoms with van der Waals surface area (Å²) in [5.41, 5.74) is 6.02. The van der Waals surface area contributed by atoms with Gasteiger partial charge < -0.3 is 4.74 Å². The molecule has 0 atom stereocenters. The summed E-state index contributed by atoms with van der Waals surface area (Å²) in [5.74, 6) is 1.57. The van der Waals surface area contributed by atoms with Gasteiger partial charge in [0.15, 0.2) is 11.6 Å². The zero-order valence-corrected chi connectivity index (χ0v) is 18.8. The molecule has 4 rings (SSSR count). The molecule has 0 amide bonds. The van der Waals surface area contributed by atoms with Gasteiger partial charge in [-0.3, -0.25) is 0 Å². The lowest BCUT2D eigenvalue weighted by molar-refractivity contribution is 0.310. The van der Waals surface area contributed by atoms with E-state index in [2.05, 4.69) is 70.2 Å². The van der Waals surface area contributed by atoms with Crippen molar-refractivity contribution in [1.82, 2.24) is 14.3 Å². The van der Waals surface area contributed by atoms with E-state index in [1.54, 1.807) is 11.9 Å². The summed E-state index contributed by atoms with van der Waals surface area (Å²) in [6.45, 7) is 8.47. The summed E-state index contributed by atoms with van der Waals surface area (Å²) >= 11 is 1.66. The van der Waals surface area contributed by atoms with Crippen LogP contribution in [0, 0.1) is 12.1 Å². The predicted octanol–water partition coefficient (Wildman–Crippen LogP) is 5.47. The Kier molecular flexibility index (Phi) is 7.24. The van der Waals surface area contributed by atoms with Crippen molar-refractivity contribution in [2.45, 2.75) is 39.2 Å². The van der Waals surface area contributed by atoms with Crippen LogP contribution < -0.4 is 4.74 Å². The third kappa shape index (κ3) is 5.66. The van der Waals surface area contributed by atoms with Crippen LogP contribution in [0.1, 0.15) is 35.6 Å². The van der Waals surface area contributed by atoms with Crippen molar-refractivity contribution in [3.8, 4) is 17.1 Å². The molecule has 0 aliphatic carbocycles. The Morgan fingerprint density at radius 1 is 1.16 bits per heavy atom. The second-order valence-corrected chi connectivity index (χ2v) is 8.63. The highest BCUT2D eigenvalue weighted by atomic mass is 32.2. The van der Waals surface area contributed by atoms with Gasteiger partial charge >= 0.3 is 0 Å². The Morgan fingerprint density at radius 3 is 2.71 bits per heavy atom. The SMILES string of the molecule is C=CSN1CCc2cc(OCCCc3ccc(-c4ncc(CC)cn4)cc3)c#cc2C1. The molecule has 0 unspecified atom stereocenters. The molecule has 4 nitrogen and oxygen atoms in total. The van der Waals surface area contributed by atoms with Gasteiger partial charge in [-0.05, 0) is 59.9 Å². The highest BCUT2D eigenvalue weighted by molar-refractivity contribution is 7.99. The van der Waals surface area contributed by atoms with E-state index >= 15 is 0 Å². The second kappa shape index (κ2) is 10.5. The Labute approximate surface area is 189 Å². The van der Waals surface area contributed by atoms with Crippen molar-refractivity contribution in [1.29, 1.82) is 0 Å². The minimum atomic E-state index is 0.672. The van der Waals surface area contributed by atoms with E-state index < -0.39 is 0 Å². The van der Waals surface area contributed by atoms with Gasteiger partial charge in [0, 0.05) is 36.6 Å². The van der Waals surface area contributed by atoms with Crippen LogP contribution in [0.2, 0.25) is 0 Å². The van der Waals surface area contributed by atoms with Crippen LogP contribution in [0.4, 0.5) is 0 Å². The van der Waals surface area contributed by atoms with Crippen molar-refractivity contribution in [2.75, 3.05) is 13.2 Å². The Morgan fingerprint density at radius 2 is 1.97 bits per heavy atom. The molecule has 0 N–H and O–H groups in total. The first-order valence-corrected chi connectivity index (χ1v) is 11.6. The van der Waals surface area contributed by atoms with E-state index in [4.69, 9.17) is 4.74 Å². The van der Waals surface area contributed by atoms with Gasteiger partial charge in [0.05, 0.1) is 6.61 Å². The van der Waals surface area contributed by atoms with E-state index in [1.807, 2.05) is 17.8 Å². The molecule has 0 spiro atoms. The van der Waals surface area contributed by atoms with E-state index in [0.29, 0.717) is 6.61 Å². The summed E-state index contributed by atoms with van der Waals surface area (Å²) in [6.07, 6.45) is 7.69. The van der Waals surface area contributed by atoms with Gasteiger partial charge in [0.2, 0.25) is 0 Å². The lowest BCUT2D eigenvalue weighted by Crippen LogP contribution is -2.23. The minimum Gasteiger partial charge on any atom is -0.485 e. The number of benzene rings is 1. The van der Waals surface area contributed by atoms with E-state index in [0.717, 1.165) is 61.5 Å². The predicted molar refractivity (Wildman–Crippen MR) is 127 cm³/mol. The zero-order valence-electron chi connectivity index (χ0n) is 17.9. The number of aryl methyl sites for hydroxylation is 2. The fourth-order valence-electron chi connectivity index (χ4n) is 3.60. The van der Waals surface area contributed by atoms with E-state index in [1.165, 1.54) is 16.7 Å². The molecule has 31 heavy (non-hydrogen) atoms. The first-order valence-electron chi connectivity index (χ1n) is 10.8. The smallest absolute Gasteiger partial charge is 0.170 e. The first kappa shape index (κ1) is 21.4. The van der Waals surface area contributed by atoms with Gasteiger partial charge in [0.1, 0.15) is 0 Å². The van der Waals surface area contributed by atoms with Gasteiger partial charge in [-0.2, -0.15) is 0 Å². The molecule has 0 saturated carbocycles. The average molecular weight is 430 g/mol. The molecule has 0 fully saturated rings. The van der Waals surface area contributed by atoms with Crippen LogP contribution in [0.3, 0.4) is 0 Å². The van der Waals surface area contributed by atoms with Crippen LogP contribution >= 0.6 is 11.9 Å². The molecule has 0 radical (unpaired) electrons. The maximum absolute atomic E-state index is 5.94. The lowest BCUT2D eigenvalue weighted by Gasteiger charge is -2.25. The molecule has 2 aromatic carbocycles. The molecule has 1 aliphatic rings. The summed E-state index contributed by atoms with van der Waals surface area (Å²) in [5, 5.41) is 1.87. The monoisotopic (exact) mass is 429 g/mol. The summed E-state index contributed by atoms with van der Waals surface area (Å²) < 4.78 is 8.23. The number of hydrogen-bond donors (Lipinski definition) is 0. The Bertz CT molecular complexity index is 1000. The summed E-state index contributed by atoms with van der Waals surface area (Å²) in [6, 6.07) is 17.1. The number of ether oxygens (including phenoxy) is 1. The fraction of sp³-hybridized carbons (Fsp3) is 0.308. The maximum atomic E-state index is 5.94. The van der Waals surface area contributed by atoms with Gasteiger partial charge in [0.25, 0.3) is 0 Å². The number of rotatable bonds is 9. The quantitative estimate of drug-likeness (QED) is 0.333. The maximum Gasteiger partial charge on any atom is 0.170 e. The fourth-order valence-corrected chi connectivity index (χ4v) is 4.21. The van der Waals surface area contributed by atoms with Crippen molar-refractivity contribution in [2.24, 2.45) is 0 Å². The van der Waals surface area contributed by atoms with Crippen LogP contribution in [0.15, 0.2) is 54.7 Å². The van der Waals surface area contributed by atoms with Crippen molar-refractivity contribution < 1.29 is 4.74 Å². The Hall–Kier alpha value is -2.81. The van der Waals surface area contributed by atoms with Crippen LogP contribution in [-0.4, -0.2) is 27.4 Å². The van der Waals surface area contributed by atoms with Crippen molar-refractivity contribution >= 4 is 11.9 Å². The van der Waals surface area contributed by atoms with Gasteiger partial charge in [-0.25, -0.2) is 14.3 Å². The standard InChI is InChI=1S/C26H27N3OS/c1-3-20-17-27-26(28-18-20)22-9-7-21(8-10-22)6-5-15-30-25-12-11-24-19-29(31-4-2)14-13-23(24)16-25/h4,7-10,16-18H,2-3,5-6,13-15,19H2,1H3. The third-order valence-electron chi connectivity index (χ3n) is 5.41. The number of nitrogens with zero attached hydrogens (tertiary/aromatic N) is 3. The lowest BCUT2D eigenvalue weighted by atomic mass is 10.0. The normalized spacial score (nSPS) is 13.3. The van der Waals surface area contributed by atoms with Crippen LogP contribution in [0.5, 0.6) is 5.75 Å². The van der Waals surface area contributed by atoms with Crippen molar-refractivity contribution in [3.05, 3.63) is 89.1 Å². The van der Waals surface area contributed by atoms with E-state index in [-0.39, 0.29) is 0 Å². The number of fused-ring (bicyclic) bond motifs is 1. The third-order valence-corrected chi connectivity index (χ3v) is 6.17. The first-order chi connectivity index (χ1) is 15.2. The molecule has 0 saturated heterocycles. The van der Waals surface area contributed by atoms with Gasteiger partial charge in [-0.15, -0.1) is 0 Å². The second-order valence-electron chi connectivity index (χ2n) is 7.57. The molecule has 1 aromatic heterocycles. The molecule has 5 heteroatoms. The minimum absolute atomic E-state index is 0.672. The largest absolute Gasteiger partial charge is 0.485 e. The number of aromatic nitrogens is 2. The summed E-state index contributed by atoms with van der Waals surface area (Å²) in [4.78, 5) is 8.91. The van der Waals surface area contributed by atoms with Crippen LogP contribution in [-0.2, 0) is 25.8 Å². The molecule has 1 aliphatic heterocycles. The number of hydrogen-bond acceptors (Lipinski definition) is 5. The van der Waals surface area contributed by atoms with Crippen LogP contribution in [0.25, 0.3) is 11.4 Å². The molecular formula is C26H27N3OS. The zero-order chi connectivity index (χ0) is 21.5. The van der Waals surface area contributed by atoms with Gasteiger partial charge in [-0.1, -0.05) is 55.8 Å². The molecular weight excluding hydrogens is 402 g/mol. The molecule has 0 bridgehead atoms. The van der Waals surface area contributed by atoms with Crippen molar-refractivity contribution in [3.63, 3.8) is 0 Å². The molecule has 158 valence electrons. The van der Waals surface area contributed by atoms with E-state index in [9.17, 15) is 0 Å². The highest BCUT2D eigenvalue weighted by Gasteiger charge is 2.16. The molecule has 3 aromatic rings. The topological polar surface area (TPSA) is 38.2 Å². The summed E-state index contributed by atoms with van der Waals surface area (Å²) in [7, 11) is 0. The molecule has 2 heterocycles.